The van der Waals surface area contributed by atoms with Gasteiger partial charge in [0, 0.05) is 79.2 Å². The smallest absolute Gasteiger partial charge is 0.248 e. The molecular formula is C30H34N8O. The Labute approximate surface area is 229 Å². The van der Waals surface area contributed by atoms with E-state index >= 15 is 0 Å². The minimum atomic E-state index is -0.174. The molecule has 0 bridgehead atoms. The van der Waals surface area contributed by atoms with Gasteiger partial charge in [0.15, 0.2) is 0 Å². The second-order valence-electron chi connectivity index (χ2n) is 9.99. The molecule has 2 aromatic carbocycles. The fourth-order valence-corrected chi connectivity index (χ4v) is 4.48. The van der Waals surface area contributed by atoms with Crippen molar-refractivity contribution >= 4 is 39.8 Å². The number of hydrogen-bond acceptors (Lipinski definition) is 8. The molecule has 0 saturated carbocycles. The lowest BCUT2D eigenvalue weighted by molar-refractivity contribution is -0.111. The van der Waals surface area contributed by atoms with Crippen LogP contribution in [0, 0.1) is 0 Å². The number of hydrogen-bond donors (Lipinski definition) is 2. The van der Waals surface area contributed by atoms with E-state index in [1.165, 1.54) is 5.69 Å². The van der Waals surface area contributed by atoms with Gasteiger partial charge in [-0.2, -0.15) is 0 Å². The molecule has 9 heteroatoms. The number of nitrogens with zero attached hydrogens (tertiary/aromatic N) is 6. The molecule has 5 rings (SSSR count). The predicted octanol–water partition coefficient (Wildman–Crippen LogP) is 4.24. The lowest BCUT2D eigenvalue weighted by Crippen LogP contribution is -2.44. The molecule has 1 saturated heterocycles. The van der Waals surface area contributed by atoms with Gasteiger partial charge in [0.1, 0.15) is 5.52 Å². The van der Waals surface area contributed by atoms with E-state index in [1.54, 1.807) is 18.5 Å². The van der Waals surface area contributed by atoms with E-state index in [-0.39, 0.29) is 5.91 Å². The third-order valence-corrected chi connectivity index (χ3v) is 6.63. The van der Waals surface area contributed by atoms with Gasteiger partial charge in [-0.05, 0) is 63.6 Å². The average Bonchev–Trinajstić information content (AvgIpc) is 2.93. The standard InChI is InChI=1S/C30H34N8O/c1-36(2)15-5-8-27(39)33-25-7-4-6-22(20-25)28-29-23(13-14-31-28)21-32-30(35-29)34-24-9-11-26(12-10-24)38-18-16-37(3)17-19-38/h4-14,20-21H,15-19H2,1-3H3,(H,33,39)(H,32,34,35)/b8-5+. The maximum Gasteiger partial charge on any atom is 0.248 e. The number of carbonyl (C=O) groups excluding carboxylic acids is 1. The van der Waals surface area contributed by atoms with Crippen molar-refractivity contribution in [1.82, 2.24) is 24.8 Å². The van der Waals surface area contributed by atoms with Gasteiger partial charge in [-0.15, -0.1) is 0 Å². The van der Waals surface area contributed by atoms with Crippen molar-refractivity contribution in [1.29, 1.82) is 0 Å². The quantitative estimate of drug-likeness (QED) is 0.332. The van der Waals surface area contributed by atoms with Gasteiger partial charge in [0.25, 0.3) is 0 Å². The maximum atomic E-state index is 12.3. The third kappa shape index (κ3) is 6.76. The van der Waals surface area contributed by atoms with Gasteiger partial charge in [0.05, 0.1) is 5.69 Å². The summed E-state index contributed by atoms with van der Waals surface area (Å²) in [7, 11) is 6.08. The number of anilines is 4. The average molecular weight is 523 g/mol. The molecule has 1 aliphatic heterocycles. The molecule has 9 nitrogen and oxygen atoms in total. The fraction of sp³-hybridized carbons (Fsp3) is 0.267. The summed E-state index contributed by atoms with van der Waals surface area (Å²) in [4.78, 5) is 33.0. The Bertz CT molecular complexity index is 1460. The van der Waals surface area contributed by atoms with Crippen molar-refractivity contribution in [3.63, 3.8) is 0 Å². The number of aromatic nitrogens is 3. The molecule has 0 aliphatic carbocycles. The van der Waals surface area contributed by atoms with Crippen LogP contribution in [0.25, 0.3) is 22.2 Å². The van der Waals surface area contributed by atoms with Crippen LogP contribution in [0.5, 0.6) is 0 Å². The van der Waals surface area contributed by atoms with Crippen molar-refractivity contribution < 1.29 is 4.79 Å². The Morgan fingerprint density at radius 3 is 2.56 bits per heavy atom. The molecule has 2 N–H and O–H groups in total. The number of carbonyl (C=O) groups is 1. The van der Waals surface area contributed by atoms with E-state index in [0.29, 0.717) is 18.2 Å². The lowest BCUT2D eigenvalue weighted by atomic mass is 10.1. The molecule has 0 radical (unpaired) electrons. The van der Waals surface area contributed by atoms with Gasteiger partial charge in [-0.1, -0.05) is 18.2 Å². The topological polar surface area (TPSA) is 89.5 Å². The summed E-state index contributed by atoms with van der Waals surface area (Å²) in [5, 5.41) is 7.14. The summed E-state index contributed by atoms with van der Waals surface area (Å²) >= 11 is 0. The first-order valence-corrected chi connectivity index (χ1v) is 13.1. The second-order valence-corrected chi connectivity index (χ2v) is 9.99. The van der Waals surface area contributed by atoms with Crippen molar-refractivity contribution in [3.05, 3.63) is 79.1 Å². The van der Waals surface area contributed by atoms with Crippen LogP contribution in [0.15, 0.2) is 79.1 Å². The van der Waals surface area contributed by atoms with Crippen LogP contribution in [-0.2, 0) is 4.79 Å². The number of benzene rings is 2. The van der Waals surface area contributed by atoms with Crippen molar-refractivity contribution in [2.45, 2.75) is 0 Å². The van der Waals surface area contributed by atoms with Crippen LogP contribution in [0.4, 0.5) is 23.0 Å². The van der Waals surface area contributed by atoms with E-state index in [4.69, 9.17) is 4.98 Å². The van der Waals surface area contributed by atoms with E-state index in [1.807, 2.05) is 55.4 Å². The molecule has 2 aromatic heterocycles. The van der Waals surface area contributed by atoms with Crippen LogP contribution in [0.2, 0.25) is 0 Å². The Morgan fingerprint density at radius 1 is 1.00 bits per heavy atom. The Hall–Kier alpha value is -4.34. The summed E-state index contributed by atoms with van der Waals surface area (Å²) in [6.07, 6.45) is 6.93. The molecule has 0 atom stereocenters. The SMILES string of the molecule is CN(C)C/C=C/C(=O)Nc1cccc(-c2nccc3cnc(Nc4ccc(N5CCN(C)CC5)cc4)nc23)c1. The number of piperazine rings is 1. The highest BCUT2D eigenvalue weighted by molar-refractivity contribution is 6.00. The van der Waals surface area contributed by atoms with Crippen molar-refractivity contribution in [2.75, 3.05) is 69.4 Å². The number of likely N-dealkylation sites (N-methyl/N-ethyl adjacent to an activating group) is 2. The highest BCUT2D eigenvalue weighted by Gasteiger charge is 2.14. The Kier molecular flexibility index (Phi) is 8.10. The zero-order chi connectivity index (χ0) is 27.2. The fourth-order valence-electron chi connectivity index (χ4n) is 4.48. The number of nitrogens with one attached hydrogen (secondary N) is 2. The number of rotatable bonds is 8. The lowest BCUT2D eigenvalue weighted by Gasteiger charge is -2.34. The third-order valence-electron chi connectivity index (χ3n) is 6.63. The predicted molar refractivity (Wildman–Crippen MR) is 159 cm³/mol. The molecule has 200 valence electrons. The van der Waals surface area contributed by atoms with E-state index in [0.717, 1.165) is 54.0 Å². The monoisotopic (exact) mass is 522 g/mol. The summed E-state index contributed by atoms with van der Waals surface area (Å²) in [6.45, 7) is 4.91. The second kappa shape index (κ2) is 12.0. The molecule has 1 fully saturated rings. The first kappa shape index (κ1) is 26.3. The first-order valence-electron chi connectivity index (χ1n) is 13.1. The summed E-state index contributed by atoms with van der Waals surface area (Å²) in [5.74, 6) is 0.326. The normalized spacial score (nSPS) is 14.3. The van der Waals surface area contributed by atoms with Gasteiger partial charge < -0.3 is 25.3 Å². The molecule has 3 heterocycles. The minimum absolute atomic E-state index is 0.174. The molecule has 1 amide bonds. The number of fused-ring (bicyclic) bond motifs is 1. The molecule has 0 spiro atoms. The van der Waals surface area contributed by atoms with Crippen molar-refractivity contribution in [2.24, 2.45) is 0 Å². The summed E-state index contributed by atoms with van der Waals surface area (Å²) < 4.78 is 0. The highest BCUT2D eigenvalue weighted by atomic mass is 16.1. The Morgan fingerprint density at radius 2 is 1.79 bits per heavy atom. The van der Waals surface area contributed by atoms with Gasteiger partial charge in [-0.3, -0.25) is 9.78 Å². The van der Waals surface area contributed by atoms with Crippen LogP contribution in [0.1, 0.15) is 0 Å². The Balaban J connectivity index is 1.34. The van der Waals surface area contributed by atoms with E-state index < -0.39 is 0 Å². The maximum absolute atomic E-state index is 12.3. The summed E-state index contributed by atoms with van der Waals surface area (Å²) in [5.41, 5.74) is 5.15. The zero-order valence-electron chi connectivity index (χ0n) is 22.6. The molecule has 0 unspecified atom stereocenters. The van der Waals surface area contributed by atoms with E-state index in [9.17, 15) is 4.79 Å². The summed E-state index contributed by atoms with van der Waals surface area (Å²) in [6, 6.07) is 17.9. The zero-order valence-corrected chi connectivity index (χ0v) is 22.6. The minimum Gasteiger partial charge on any atom is -0.369 e. The van der Waals surface area contributed by atoms with Crippen LogP contribution < -0.4 is 15.5 Å². The van der Waals surface area contributed by atoms with Gasteiger partial charge in [0.2, 0.25) is 11.9 Å². The molecule has 39 heavy (non-hydrogen) atoms. The van der Waals surface area contributed by atoms with Crippen LogP contribution >= 0.6 is 0 Å². The van der Waals surface area contributed by atoms with Crippen LogP contribution in [-0.4, -0.2) is 84.5 Å². The largest absolute Gasteiger partial charge is 0.369 e. The van der Waals surface area contributed by atoms with Crippen LogP contribution in [0.3, 0.4) is 0 Å². The van der Waals surface area contributed by atoms with Gasteiger partial charge >= 0.3 is 0 Å². The number of amides is 1. The first-order chi connectivity index (χ1) is 18.9. The van der Waals surface area contributed by atoms with Crippen molar-refractivity contribution in [3.8, 4) is 11.3 Å². The van der Waals surface area contributed by atoms with E-state index in [2.05, 4.69) is 61.7 Å². The van der Waals surface area contributed by atoms with Gasteiger partial charge in [-0.25, -0.2) is 9.97 Å². The molecule has 1 aliphatic rings. The highest BCUT2D eigenvalue weighted by Crippen LogP contribution is 2.28. The number of pyridine rings is 1. The molecular weight excluding hydrogens is 488 g/mol. The molecule has 4 aromatic rings.